The number of hydrogen-bond donors (Lipinski definition) is 1. The first-order valence-corrected chi connectivity index (χ1v) is 9.19. The van der Waals surface area contributed by atoms with Crippen LogP contribution in [0, 0.1) is 17.2 Å². The summed E-state index contributed by atoms with van der Waals surface area (Å²) in [4.78, 5) is 2.29. The van der Waals surface area contributed by atoms with Crippen molar-refractivity contribution in [3.63, 3.8) is 0 Å². The Morgan fingerprint density at radius 3 is 2.72 bits per heavy atom. The highest BCUT2D eigenvalue weighted by molar-refractivity contribution is 7.80. The van der Waals surface area contributed by atoms with Crippen molar-refractivity contribution in [3.8, 4) is 6.07 Å². The molecule has 1 saturated heterocycles. The van der Waals surface area contributed by atoms with E-state index in [1.54, 1.807) is 0 Å². The van der Waals surface area contributed by atoms with Crippen molar-refractivity contribution in [2.75, 3.05) is 11.9 Å². The normalized spacial score (nSPS) is 20.6. The molecule has 5 heteroatoms. The number of rotatable bonds is 2. The molecule has 0 spiro atoms. The zero-order valence-corrected chi connectivity index (χ0v) is 15.6. The van der Waals surface area contributed by atoms with Gasteiger partial charge in [-0.2, -0.15) is 5.26 Å². The Morgan fingerprint density at radius 2 is 2.00 bits per heavy atom. The summed E-state index contributed by atoms with van der Waals surface area (Å²) < 4.78 is 2.18. The van der Waals surface area contributed by atoms with Crippen LogP contribution in [0.5, 0.6) is 0 Å². The molecule has 2 atom stereocenters. The molecule has 0 radical (unpaired) electrons. The third-order valence-electron chi connectivity index (χ3n) is 5.05. The summed E-state index contributed by atoms with van der Waals surface area (Å²) in [6, 6.07) is 14.3. The fourth-order valence-corrected chi connectivity index (χ4v) is 3.83. The quantitative estimate of drug-likeness (QED) is 0.811. The predicted octanol–water partition coefficient (Wildman–Crippen LogP) is 4.46. The Hall–Kier alpha value is -2.32. The van der Waals surface area contributed by atoms with Crippen LogP contribution in [0.1, 0.15) is 43.5 Å². The van der Waals surface area contributed by atoms with Gasteiger partial charge in [0.15, 0.2) is 5.11 Å². The molecule has 4 nitrogen and oxygen atoms in total. The van der Waals surface area contributed by atoms with Gasteiger partial charge >= 0.3 is 0 Å². The molecule has 0 saturated carbocycles. The standard InChI is InChI=1S/C20H24N4S/c1-15-9-10-19(18-8-5-12-23(18)2)24(13-11-15)20(25)22-17-7-4-3-6-16(17)14-21/h3-8,12,15,19H,9-11,13H2,1-2H3,(H,22,25)/t15-,19-/m1/s1. The molecule has 25 heavy (non-hydrogen) atoms. The molecule has 0 unspecified atom stereocenters. The average molecular weight is 353 g/mol. The van der Waals surface area contributed by atoms with E-state index in [1.807, 2.05) is 24.3 Å². The average Bonchev–Trinajstić information content (AvgIpc) is 2.93. The lowest BCUT2D eigenvalue weighted by Crippen LogP contribution is -2.38. The van der Waals surface area contributed by atoms with Crippen LogP contribution in [0.4, 0.5) is 5.69 Å². The molecule has 1 aliphatic heterocycles. The molecule has 2 aromatic rings. The maximum atomic E-state index is 9.31. The third kappa shape index (κ3) is 3.85. The van der Waals surface area contributed by atoms with Gasteiger partial charge < -0.3 is 14.8 Å². The van der Waals surface area contributed by atoms with Crippen LogP contribution >= 0.6 is 12.2 Å². The largest absolute Gasteiger partial charge is 0.353 e. The van der Waals surface area contributed by atoms with E-state index in [0.29, 0.717) is 16.6 Å². The second-order valence-corrected chi connectivity index (χ2v) is 7.20. The van der Waals surface area contributed by atoms with Gasteiger partial charge in [-0.05, 0) is 61.7 Å². The molecule has 1 aliphatic rings. The Kier molecular flexibility index (Phi) is 5.40. The summed E-state index contributed by atoms with van der Waals surface area (Å²) in [6.45, 7) is 3.24. The van der Waals surface area contributed by atoms with E-state index >= 15 is 0 Å². The first-order valence-electron chi connectivity index (χ1n) is 8.78. The van der Waals surface area contributed by atoms with Gasteiger partial charge in [0.1, 0.15) is 6.07 Å². The van der Waals surface area contributed by atoms with Crippen LogP contribution in [-0.4, -0.2) is 21.1 Å². The van der Waals surface area contributed by atoms with Crippen LogP contribution in [-0.2, 0) is 7.05 Å². The number of anilines is 1. The minimum absolute atomic E-state index is 0.263. The van der Waals surface area contributed by atoms with E-state index in [4.69, 9.17) is 12.2 Å². The lowest BCUT2D eigenvalue weighted by atomic mass is 10.0. The van der Waals surface area contributed by atoms with Crippen molar-refractivity contribution in [2.45, 2.75) is 32.2 Å². The molecule has 130 valence electrons. The van der Waals surface area contributed by atoms with Gasteiger partial charge in [0.2, 0.25) is 0 Å². The summed E-state index contributed by atoms with van der Waals surface area (Å²) in [7, 11) is 2.09. The summed E-state index contributed by atoms with van der Waals surface area (Å²) >= 11 is 5.75. The lowest BCUT2D eigenvalue weighted by molar-refractivity contribution is 0.314. The van der Waals surface area contributed by atoms with Gasteiger partial charge in [0, 0.05) is 25.5 Å². The monoisotopic (exact) mass is 352 g/mol. The summed E-state index contributed by atoms with van der Waals surface area (Å²) in [5.74, 6) is 0.696. The number of benzene rings is 1. The van der Waals surface area contributed by atoms with E-state index < -0.39 is 0 Å². The minimum atomic E-state index is 0.263. The van der Waals surface area contributed by atoms with Gasteiger partial charge in [0.25, 0.3) is 0 Å². The maximum Gasteiger partial charge on any atom is 0.174 e. The van der Waals surface area contributed by atoms with Gasteiger partial charge in [-0.3, -0.25) is 0 Å². The highest BCUT2D eigenvalue weighted by Gasteiger charge is 2.28. The van der Waals surface area contributed by atoms with Gasteiger partial charge in [-0.15, -0.1) is 0 Å². The second kappa shape index (κ2) is 7.71. The molecule has 2 heterocycles. The van der Waals surface area contributed by atoms with E-state index in [9.17, 15) is 5.26 Å². The van der Waals surface area contributed by atoms with Crippen molar-refractivity contribution in [1.29, 1.82) is 5.26 Å². The molecule has 3 rings (SSSR count). The summed E-state index contributed by atoms with van der Waals surface area (Å²) in [6.07, 6.45) is 5.50. The smallest absolute Gasteiger partial charge is 0.174 e. The maximum absolute atomic E-state index is 9.31. The number of aryl methyl sites for hydroxylation is 1. The van der Waals surface area contributed by atoms with Crippen LogP contribution in [0.3, 0.4) is 0 Å². The SMILES string of the molecule is C[C@@H]1CC[C@H](c2cccn2C)N(C(=S)Nc2ccccc2C#N)CC1. The molecule has 0 aliphatic carbocycles. The molecule has 0 bridgehead atoms. The van der Waals surface area contributed by atoms with Crippen LogP contribution < -0.4 is 5.32 Å². The number of para-hydroxylation sites is 1. The van der Waals surface area contributed by atoms with Gasteiger partial charge in [-0.1, -0.05) is 19.1 Å². The van der Waals surface area contributed by atoms with Crippen molar-refractivity contribution < 1.29 is 0 Å². The van der Waals surface area contributed by atoms with E-state index in [-0.39, 0.29) is 6.04 Å². The van der Waals surface area contributed by atoms with Gasteiger partial charge in [-0.25, -0.2) is 0 Å². The van der Waals surface area contributed by atoms with Crippen molar-refractivity contribution >= 4 is 23.0 Å². The Balaban J connectivity index is 1.87. The molecule has 0 amide bonds. The minimum Gasteiger partial charge on any atom is -0.353 e. The van der Waals surface area contributed by atoms with E-state index in [2.05, 4.69) is 53.2 Å². The number of aromatic nitrogens is 1. The molecular weight excluding hydrogens is 328 g/mol. The fourth-order valence-electron chi connectivity index (χ4n) is 3.51. The van der Waals surface area contributed by atoms with Crippen LogP contribution in [0.15, 0.2) is 42.6 Å². The lowest BCUT2D eigenvalue weighted by Gasteiger charge is -2.33. The van der Waals surface area contributed by atoms with Crippen molar-refractivity contribution in [2.24, 2.45) is 13.0 Å². The Morgan fingerprint density at radius 1 is 1.20 bits per heavy atom. The molecule has 1 fully saturated rings. The van der Waals surface area contributed by atoms with Crippen molar-refractivity contribution in [3.05, 3.63) is 53.9 Å². The fraction of sp³-hybridized carbons (Fsp3) is 0.400. The van der Waals surface area contributed by atoms with E-state index in [1.165, 1.54) is 12.1 Å². The topological polar surface area (TPSA) is 44.0 Å². The first-order chi connectivity index (χ1) is 12.1. The summed E-state index contributed by atoms with van der Waals surface area (Å²) in [5, 5.41) is 13.3. The number of likely N-dealkylation sites (tertiary alicyclic amines) is 1. The highest BCUT2D eigenvalue weighted by Crippen LogP contribution is 2.33. The third-order valence-corrected chi connectivity index (χ3v) is 5.38. The molecule has 1 N–H and O–H groups in total. The van der Waals surface area contributed by atoms with Crippen LogP contribution in [0.2, 0.25) is 0 Å². The Labute approximate surface area is 155 Å². The number of nitrogens with zero attached hydrogens (tertiary/aromatic N) is 3. The summed E-state index contributed by atoms with van der Waals surface area (Å²) in [5.41, 5.74) is 2.67. The zero-order valence-electron chi connectivity index (χ0n) is 14.8. The second-order valence-electron chi connectivity index (χ2n) is 6.81. The van der Waals surface area contributed by atoms with Gasteiger partial charge in [0.05, 0.1) is 17.3 Å². The number of nitrogens with one attached hydrogen (secondary N) is 1. The predicted molar refractivity (Wildman–Crippen MR) is 105 cm³/mol. The molecule has 1 aromatic carbocycles. The van der Waals surface area contributed by atoms with Crippen molar-refractivity contribution in [1.82, 2.24) is 9.47 Å². The van der Waals surface area contributed by atoms with Crippen LogP contribution in [0.25, 0.3) is 0 Å². The first kappa shape index (κ1) is 17.5. The zero-order chi connectivity index (χ0) is 17.8. The Bertz CT molecular complexity index is 789. The number of thiocarbonyl (C=S) groups is 1. The number of nitriles is 1. The van der Waals surface area contributed by atoms with E-state index in [0.717, 1.165) is 25.1 Å². The highest BCUT2D eigenvalue weighted by atomic mass is 32.1. The number of hydrogen-bond acceptors (Lipinski definition) is 2. The molecule has 1 aromatic heterocycles. The molecular formula is C20H24N4S.